The second-order valence-electron chi connectivity index (χ2n) is 8.39. The molecule has 1 aliphatic rings. The maximum absolute atomic E-state index is 13.8. The van der Waals surface area contributed by atoms with Crippen molar-refractivity contribution in [1.82, 2.24) is 4.98 Å². The minimum absolute atomic E-state index is 0.0204. The van der Waals surface area contributed by atoms with E-state index in [0.717, 1.165) is 11.1 Å². The highest BCUT2D eigenvalue weighted by molar-refractivity contribution is 7.83. The van der Waals surface area contributed by atoms with Gasteiger partial charge in [0.15, 0.2) is 0 Å². The Morgan fingerprint density at radius 3 is 2.45 bits per heavy atom. The SMILES string of the molecule is COc1ccc(NC(=O)C2(c3ccccc3C(C)C)CCC(S(N)=O)CC2)c(OC(F)F)n1. The van der Waals surface area contributed by atoms with Crippen LogP contribution in [0.4, 0.5) is 14.5 Å². The Kier molecular flexibility index (Phi) is 8.01. The molecule has 1 aromatic heterocycles. The van der Waals surface area contributed by atoms with Crippen molar-refractivity contribution in [2.75, 3.05) is 12.4 Å². The van der Waals surface area contributed by atoms with Crippen molar-refractivity contribution in [3.8, 4) is 11.8 Å². The van der Waals surface area contributed by atoms with Gasteiger partial charge in [0.25, 0.3) is 0 Å². The minimum Gasteiger partial charge on any atom is -0.481 e. The second-order valence-corrected chi connectivity index (χ2v) is 9.71. The number of alkyl halides is 2. The van der Waals surface area contributed by atoms with E-state index in [4.69, 9.17) is 9.88 Å². The molecule has 0 spiro atoms. The van der Waals surface area contributed by atoms with Crippen LogP contribution in [0.5, 0.6) is 11.8 Å². The highest BCUT2D eigenvalue weighted by Gasteiger charge is 2.45. The summed E-state index contributed by atoms with van der Waals surface area (Å²) >= 11 is 0. The number of pyridine rings is 1. The van der Waals surface area contributed by atoms with Crippen LogP contribution in [0.1, 0.15) is 56.6 Å². The van der Waals surface area contributed by atoms with E-state index in [-0.39, 0.29) is 28.6 Å². The molecule has 2 aromatic rings. The Balaban J connectivity index is 2.03. The van der Waals surface area contributed by atoms with Crippen molar-refractivity contribution in [3.05, 3.63) is 47.5 Å². The third-order valence-electron chi connectivity index (χ3n) is 6.14. The topological polar surface area (TPSA) is 104 Å². The van der Waals surface area contributed by atoms with E-state index >= 15 is 0 Å². The van der Waals surface area contributed by atoms with E-state index in [0.29, 0.717) is 25.7 Å². The molecule has 3 N–H and O–H groups in total. The summed E-state index contributed by atoms with van der Waals surface area (Å²) in [7, 11) is -0.128. The molecular weight excluding hydrogens is 452 g/mol. The molecule has 1 aromatic carbocycles. The second kappa shape index (κ2) is 10.6. The number of nitrogens with zero attached hydrogens (tertiary/aromatic N) is 1. The first kappa shape index (κ1) is 25.0. The summed E-state index contributed by atoms with van der Waals surface area (Å²) in [5, 5.41) is 8.20. The fourth-order valence-corrected chi connectivity index (χ4v) is 5.12. The van der Waals surface area contributed by atoms with Crippen LogP contribution in [-0.4, -0.2) is 34.1 Å². The number of benzene rings is 1. The van der Waals surface area contributed by atoms with Crippen LogP contribution in [0.2, 0.25) is 0 Å². The normalized spacial score (nSPS) is 21.6. The lowest BCUT2D eigenvalue weighted by Crippen LogP contribution is -2.46. The Morgan fingerprint density at radius 1 is 1.21 bits per heavy atom. The molecule has 7 nitrogen and oxygen atoms in total. The van der Waals surface area contributed by atoms with Gasteiger partial charge < -0.3 is 14.8 Å². The van der Waals surface area contributed by atoms with Gasteiger partial charge in [0.1, 0.15) is 5.69 Å². The maximum Gasteiger partial charge on any atom is 0.388 e. The molecule has 33 heavy (non-hydrogen) atoms. The zero-order valence-electron chi connectivity index (χ0n) is 18.8. The number of anilines is 1. The first-order valence-corrected chi connectivity index (χ1v) is 12.0. The highest BCUT2D eigenvalue weighted by atomic mass is 32.2. The quantitative estimate of drug-likeness (QED) is 0.587. The minimum atomic E-state index is -3.12. The Bertz CT molecular complexity index is 1010. The number of carbonyl (C=O) groups is 1. The summed E-state index contributed by atoms with van der Waals surface area (Å²) in [4.78, 5) is 17.7. The van der Waals surface area contributed by atoms with Gasteiger partial charge in [0, 0.05) is 11.3 Å². The monoisotopic (exact) mass is 481 g/mol. The van der Waals surface area contributed by atoms with Gasteiger partial charge >= 0.3 is 6.61 Å². The molecule has 1 amide bonds. The number of aromatic nitrogens is 1. The van der Waals surface area contributed by atoms with Crippen LogP contribution in [0.15, 0.2) is 36.4 Å². The number of nitrogens with two attached hydrogens (primary N) is 1. The van der Waals surface area contributed by atoms with E-state index in [1.807, 2.05) is 38.1 Å². The summed E-state index contributed by atoms with van der Waals surface area (Å²) < 4.78 is 47.3. The maximum atomic E-state index is 13.8. The molecule has 1 saturated carbocycles. The van der Waals surface area contributed by atoms with Gasteiger partial charge in [-0.1, -0.05) is 38.1 Å². The van der Waals surface area contributed by atoms with Gasteiger partial charge in [-0.2, -0.15) is 13.8 Å². The molecule has 1 unspecified atom stereocenters. The van der Waals surface area contributed by atoms with E-state index < -0.39 is 28.9 Å². The number of carbonyl (C=O) groups excluding carboxylic acids is 1. The molecule has 1 fully saturated rings. The standard InChI is InChI=1S/C23H29F2N3O4S/c1-14(2)16-6-4-5-7-17(16)23(12-10-15(11-13-23)33(26)30)21(29)27-18-8-9-19(31-3)28-20(18)32-22(24)25/h4-9,14-15,22H,10-13,26H2,1-3H3,(H,27,29). The lowest BCUT2D eigenvalue weighted by atomic mass is 9.66. The molecule has 0 saturated heterocycles. The first-order chi connectivity index (χ1) is 15.7. The van der Waals surface area contributed by atoms with Crippen LogP contribution in [0.25, 0.3) is 0 Å². The summed E-state index contributed by atoms with van der Waals surface area (Å²) in [5.74, 6) is -0.549. The van der Waals surface area contributed by atoms with Gasteiger partial charge in [-0.25, -0.2) is 4.21 Å². The average molecular weight is 482 g/mol. The van der Waals surface area contributed by atoms with Gasteiger partial charge in [-0.15, -0.1) is 0 Å². The van der Waals surface area contributed by atoms with Crippen molar-refractivity contribution < 1.29 is 27.3 Å². The van der Waals surface area contributed by atoms with Gasteiger partial charge in [0.05, 0.1) is 23.5 Å². The zero-order valence-corrected chi connectivity index (χ0v) is 19.7. The molecule has 0 radical (unpaired) electrons. The molecule has 1 aliphatic carbocycles. The first-order valence-electron chi connectivity index (χ1n) is 10.7. The average Bonchev–Trinajstić information content (AvgIpc) is 2.79. The number of halogens is 2. The lowest BCUT2D eigenvalue weighted by molar-refractivity contribution is -0.122. The molecule has 180 valence electrons. The van der Waals surface area contributed by atoms with Crippen LogP contribution in [-0.2, 0) is 21.2 Å². The number of hydrogen-bond acceptors (Lipinski definition) is 5. The van der Waals surface area contributed by atoms with Gasteiger partial charge in [0.2, 0.25) is 17.7 Å². The third-order valence-corrected chi connectivity index (χ3v) is 7.27. The number of rotatable bonds is 8. The van der Waals surface area contributed by atoms with Gasteiger partial charge in [-0.05, 0) is 48.8 Å². The van der Waals surface area contributed by atoms with Crippen LogP contribution in [0.3, 0.4) is 0 Å². The molecule has 0 aliphatic heterocycles. The molecule has 1 heterocycles. The Hall–Kier alpha value is -2.59. The summed E-state index contributed by atoms with van der Waals surface area (Å²) in [6, 6.07) is 10.6. The summed E-state index contributed by atoms with van der Waals surface area (Å²) in [5.41, 5.74) is 0.971. The summed E-state index contributed by atoms with van der Waals surface area (Å²) in [6.07, 6.45) is 1.85. The Labute approximate surface area is 194 Å². The number of nitrogens with one attached hydrogen (secondary N) is 1. The number of amides is 1. The molecule has 10 heteroatoms. The molecule has 1 atom stereocenters. The van der Waals surface area contributed by atoms with Crippen molar-refractivity contribution in [2.24, 2.45) is 5.14 Å². The lowest BCUT2D eigenvalue weighted by Gasteiger charge is -2.40. The number of methoxy groups -OCH3 is 1. The molecular formula is C23H29F2N3O4S. The van der Waals surface area contributed by atoms with Crippen LogP contribution in [0, 0.1) is 0 Å². The van der Waals surface area contributed by atoms with Crippen molar-refractivity contribution in [2.45, 2.75) is 62.7 Å². The van der Waals surface area contributed by atoms with Crippen LogP contribution >= 0.6 is 0 Å². The third kappa shape index (κ3) is 5.50. The van der Waals surface area contributed by atoms with Gasteiger partial charge in [-0.3, -0.25) is 9.93 Å². The molecule has 3 rings (SSSR count). The number of hydrogen-bond donors (Lipinski definition) is 2. The Morgan fingerprint density at radius 2 is 1.88 bits per heavy atom. The van der Waals surface area contributed by atoms with E-state index in [1.54, 1.807) is 0 Å². The van der Waals surface area contributed by atoms with E-state index in [9.17, 15) is 17.8 Å². The highest BCUT2D eigenvalue weighted by Crippen LogP contribution is 2.44. The van der Waals surface area contributed by atoms with E-state index in [2.05, 4.69) is 15.0 Å². The van der Waals surface area contributed by atoms with Crippen molar-refractivity contribution in [1.29, 1.82) is 0 Å². The van der Waals surface area contributed by atoms with Crippen molar-refractivity contribution >= 4 is 22.6 Å². The van der Waals surface area contributed by atoms with E-state index in [1.165, 1.54) is 19.2 Å². The largest absolute Gasteiger partial charge is 0.481 e. The predicted octanol–water partition coefficient (Wildman–Crippen LogP) is 4.26. The fraction of sp³-hybridized carbons (Fsp3) is 0.478. The molecule has 0 bridgehead atoms. The van der Waals surface area contributed by atoms with Crippen LogP contribution < -0.4 is 19.9 Å². The number of ether oxygens (including phenoxy) is 2. The van der Waals surface area contributed by atoms with Crippen molar-refractivity contribution in [3.63, 3.8) is 0 Å². The smallest absolute Gasteiger partial charge is 0.388 e. The predicted molar refractivity (Wildman–Crippen MR) is 123 cm³/mol. The summed E-state index contributed by atoms with van der Waals surface area (Å²) in [6.45, 7) is 0.978. The zero-order chi connectivity index (χ0) is 24.2. The fourth-order valence-electron chi connectivity index (χ4n) is 4.42.